The molecule has 0 radical (unpaired) electrons. The standard InChI is InChI=1S/C17H18N2O6S/c1-11-3-6-16(26-11)15(20)10-25-17(21)13-9-12(19(22)23)4-5-14(13)18-7-8-24-2/h3-6,9,18H,7-8,10H2,1-2H3. The van der Waals surface area contributed by atoms with E-state index in [1.165, 1.54) is 30.6 Å². The lowest BCUT2D eigenvalue weighted by molar-refractivity contribution is -0.384. The van der Waals surface area contributed by atoms with E-state index in [0.29, 0.717) is 23.7 Å². The van der Waals surface area contributed by atoms with Crippen LogP contribution in [0.3, 0.4) is 0 Å². The molecule has 0 fully saturated rings. The Morgan fingerprint density at radius 3 is 2.65 bits per heavy atom. The normalized spacial score (nSPS) is 10.4. The fourth-order valence-corrected chi connectivity index (χ4v) is 2.91. The summed E-state index contributed by atoms with van der Waals surface area (Å²) in [5, 5.41) is 13.9. The molecule has 2 aromatic rings. The van der Waals surface area contributed by atoms with Gasteiger partial charge in [-0.25, -0.2) is 4.79 Å². The highest BCUT2D eigenvalue weighted by atomic mass is 32.1. The summed E-state index contributed by atoms with van der Waals surface area (Å²) in [4.78, 5) is 36.2. The van der Waals surface area contributed by atoms with Crippen LogP contribution in [0.15, 0.2) is 30.3 Å². The van der Waals surface area contributed by atoms with Crippen molar-refractivity contribution in [2.45, 2.75) is 6.92 Å². The maximum absolute atomic E-state index is 12.3. The first-order valence-corrected chi connectivity index (χ1v) is 8.52. The van der Waals surface area contributed by atoms with Crippen LogP contribution in [0.25, 0.3) is 0 Å². The molecule has 26 heavy (non-hydrogen) atoms. The first-order valence-electron chi connectivity index (χ1n) is 7.70. The highest BCUT2D eigenvalue weighted by Gasteiger charge is 2.19. The van der Waals surface area contributed by atoms with E-state index in [0.717, 1.165) is 10.9 Å². The predicted molar refractivity (Wildman–Crippen MR) is 97.1 cm³/mol. The van der Waals surface area contributed by atoms with Crippen LogP contribution in [-0.2, 0) is 9.47 Å². The molecule has 0 aliphatic heterocycles. The number of carbonyl (C=O) groups excluding carboxylic acids is 2. The summed E-state index contributed by atoms with van der Waals surface area (Å²) in [5.41, 5.74) is 0.122. The van der Waals surface area contributed by atoms with E-state index >= 15 is 0 Å². The van der Waals surface area contributed by atoms with Gasteiger partial charge in [-0.05, 0) is 25.1 Å². The van der Waals surface area contributed by atoms with Crippen LogP contribution in [-0.4, -0.2) is 43.5 Å². The number of esters is 1. The fourth-order valence-electron chi connectivity index (χ4n) is 2.12. The number of benzene rings is 1. The minimum Gasteiger partial charge on any atom is -0.454 e. The molecule has 2 rings (SSSR count). The number of rotatable bonds is 9. The summed E-state index contributed by atoms with van der Waals surface area (Å²) < 4.78 is 9.98. The Bertz CT molecular complexity index is 817. The van der Waals surface area contributed by atoms with Gasteiger partial charge in [0, 0.05) is 36.4 Å². The minimum atomic E-state index is -0.810. The van der Waals surface area contributed by atoms with Crippen molar-refractivity contribution in [3.63, 3.8) is 0 Å². The third-order valence-electron chi connectivity index (χ3n) is 3.41. The third kappa shape index (κ3) is 5.11. The monoisotopic (exact) mass is 378 g/mol. The number of ketones is 1. The van der Waals surface area contributed by atoms with Crippen LogP contribution in [0, 0.1) is 17.0 Å². The van der Waals surface area contributed by atoms with Crippen LogP contribution in [0.1, 0.15) is 24.9 Å². The van der Waals surface area contributed by atoms with E-state index < -0.39 is 17.5 Å². The van der Waals surface area contributed by atoms with Crippen molar-refractivity contribution in [1.29, 1.82) is 0 Å². The summed E-state index contributed by atoms with van der Waals surface area (Å²) in [6.07, 6.45) is 0. The first-order chi connectivity index (χ1) is 12.4. The van der Waals surface area contributed by atoms with Gasteiger partial charge in [0.15, 0.2) is 6.61 Å². The largest absolute Gasteiger partial charge is 0.454 e. The molecule has 1 aromatic carbocycles. The quantitative estimate of drug-likeness (QED) is 0.235. The number of hydrogen-bond donors (Lipinski definition) is 1. The first kappa shape index (κ1) is 19.5. The average molecular weight is 378 g/mol. The molecule has 1 N–H and O–H groups in total. The smallest absolute Gasteiger partial charge is 0.340 e. The van der Waals surface area contributed by atoms with Crippen LogP contribution in [0.5, 0.6) is 0 Å². The van der Waals surface area contributed by atoms with Gasteiger partial charge >= 0.3 is 5.97 Å². The molecular weight excluding hydrogens is 360 g/mol. The van der Waals surface area contributed by atoms with Crippen molar-refractivity contribution >= 4 is 34.5 Å². The lowest BCUT2D eigenvalue weighted by atomic mass is 10.1. The van der Waals surface area contributed by atoms with Gasteiger partial charge in [0.05, 0.1) is 22.0 Å². The van der Waals surface area contributed by atoms with Gasteiger partial charge in [-0.1, -0.05) is 0 Å². The van der Waals surface area contributed by atoms with Crippen LogP contribution in [0.4, 0.5) is 11.4 Å². The highest BCUT2D eigenvalue weighted by Crippen LogP contribution is 2.23. The zero-order chi connectivity index (χ0) is 19.1. The number of ether oxygens (including phenoxy) is 2. The fraction of sp³-hybridized carbons (Fsp3) is 0.294. The molecule has 0 saturated carbocycles. The number of nitro benzene ring substituents is 1. The van der Waals surface area contributed by atoms with E-state index in [1.54, 1.807) is 12.1 Å². The Kier molecular flexibility index (Phi) is 6.81. The number of anilines is 1. The lowest BCUT2D eigenvalue weighted by Crippen LogP contribution is -2.16. The Balaban J connectivity index is 2.12. The summed E-state index contributed by atoms with van der Waals surface area (Å²) in [6, 6.07) is 7.30. The molecule has 8 nitrogen and oxygen atoms in total. The van der Waals surface area contributed by atoms with Crippen LogP contribution < -0.4 is 5.32 Å². The number of thiophene rings is 1. The van der Waals surface area contributed by atoms with E-state index in [-0.39, 0.29) is 17.0 Å². The van der Waals surface area contributed by atoms with Crippen molar-refractivity contribution in [1.82, 2.24) is 0 Å². The van der Waals surface area contributed by atoms with Gasteiger partial charge in [0.25, 0.3) is 5.69 Å². The number of methoxy groups -OCH3 is 1. The molecule has 1 heterocycles. The number of hydrogen-bond acceptors (Lipinski definition) is 8. The maximum atomic E-state index is 12.3. The van der Waals surface area contributed by atoms with Gasteiger partial charge in [-0.3, -0.25) is 14.9 Å². The highest BCUT2D eigenvalue weighted by molar-refractivity contribution is 7.14. The maximum Gasteiger partial charge on any atom is 0.340 e. The second-order valence-corrected chi connectivity index (χ2v) is 6.60. The SMILES string of the molecule is COCCNc1ccc([N+](=O)[O-])cc1C(=O)OCC(=O)c1ccc(C)s1. The summed E-state index contributed by atoms with van der Waals surface area (Å²) in [5.74, 6) is -1.13. The zero-order valence-electron chi connectivity index (χ0n) is 14.3. The average Bonchev–Trinajstić information content (AvgIpc) is 3.06. The van der Waals surface area contributed by atoms with Crippen molar-refractivity contribution in [3.05, 3.63) is 55.8 Å². The van der Waals surface area contributed by atoms with E-state index in [2.05, 4.69) is 5.32 Å². The summed E-state index contributed by atoms with van der Waals surface area (Å²) in [6.45, 7) is 2.23. The molecule has 0 atom stereocenters. The molecule has 0 saturated heterocycles. The van der Waals surface area contributed by atoms with Crippen molar-refractivity contribution in [3.8, 4) is 0 Å². The molecule has 138 valence electrons. The zero-order valence-corrected chi connectivity index (χ0v) is 15.1. The molecular formula is C17H18N2O6S. The van der Waals surface area contributed by atoms with Crippen LogP contribution >= 0.6 is 11.3 Å². The number of aryl methyl sites for hydroxylation is 1. The topological polar surface area (TPSA) is 108 Å². The van der Waals surface area contributed by atoms with Crippen LogP contribution in [0.2, 0.25) is 0 Å². The summed E-state index contributed by atoms with van der Waals surface area (Å²) in [7, 11) is 1.53. The van der Waals surface area contributed by atoms with Crippen molar-refractivity contribution < 1.29 is 24.0 Å². The van der Waals surface area contributed by atoms with Gasteiger partial charge < -0.3 is 14.8 Å². The second kappa shape index (κ2) is 9.07. The molecule has 9 heteroatoms. The Morgan fingerprint density at radius 1 is 1.27 bits per heavy atom. The molecule has 0 aliphatic carbocycles. The molecule has 0 spiro atoms. The molecule has 0 unspecified atom stereocenters. The number of nitro groups is 1. The number of carbonyl (C=O) groups is 2. The van der Waals surface area contributed by atoms with E-state index in [9.17, 15) is 19.7 Å². The van der Waals surface area contributed by atoms with Gasteiger partial charge in [0.1, 0.15) is 0 Å². The lowest BCUT2D eigenvalue weighted by Gasteiger charge is -2.11. The second-order valence-electron chi connectivity index (χ2n) is 5.32. The number of nitrogens with one attached hydrogen (secondary N) is 1. The molecule has 0 amide bonds. The number of non-ortho nitro benzene ring substituents is 1. The Labute approximate surface area is 153 Å². The molecule has 0 bridgehead atoms. The van der Waals surface area contributed by atoms with E-state index in [4.69, 9.17) is 9.47 Å². The van der Waals surface area contributed by atoms with E-state index in [1.807, 2.05) is 6.92 Å². The summed E-state index contributed by atoms with van der Waals surface area (Å²) >= 11 is 1.31. The van der Waals surface area contributed by atoms with Crippen molar-refractivity contribution in [2.24, 2.45) is 0 Å². The minimum absolute atomic E-state index is 0.00883. The Morgan fingerprint density at radius 2 is 2.04 bits per heavy atom. The Hall–Kier alpha value is -2.78. The number of Topliss-reactive ketones (excluding diaryl/α,β-unsaturated/α-hetero) is 1. The number of nitrogens with zero attached hydrogens (tertiary/aromatic N) is 1. The van der Waals surface area contributed by atoms with Gasteiger partial charge in [0.2, 0.25) is 5.78 Å². The van der Waals surface area contributed by atoms with Gasteiger partial charge in [-0.2, -0.15) is 0 Å². The molecule has 0 aliphatic rings. The molecule has 1 aromatic heterocycles. The third-order valence-corrected chi connectivity index (χ3v) is 4.45. The van der Waals surface area contributed by atoms with Gasteiger partial charge in [-0.15, -0.1) is 11.3 Å². The predicted octanol–water partition coefficient (Wildman–Crippen LogP) is 3.06. The van der Waals surface area contributed by atoms with Crippen molar-refractivity contribution in [2.75, 3.05) is 32.2 Å².